The first-order valence-electron chi connectivity index (χ1n) is 7.72. The van der Waals surface area contributed by atoms with E-state index in [2.05, 4.69) is 31.8 Å². The van der Waals surface area contributed by atoms with E-state index in [-0.39, 0.29) is 0 Å². The van der Waals surface area contributed by atoms with Crippen LogP contribution in [0.15, 0.2) is 47.2 Å². The molecule has 120 valence electrons. The molecule has 6 heteroatoms. The van der Waals surface area contributed by atoms with Gasteiger partial charge >= 0.3 is 0 Å². The summed E-state index contributed by atoms with van der Waals surface area (Å²) in [5.41, 5.74) is 11.4. The predicted octanol–water partition coefficient (Wildman–Crippen LogP) is 3.33. The lowest BCUT2D eigenvalue weighted by Gasteiger charge is -2.07. The van der Waals surface area contributed by atoms with Crippen LogP contribution in [0.2, 0.25) is 0 Å². The number of pyridine rings is 1. The minimum absolute atomic E-state index is 0.411. The third-order valence-electron chi connectivity index (χ3n) is 4.12. The van der Waals surface area contributed by atoms with Crippen molar-refractivity contribution >= 4 is 16.9 Å². The predicted molar refractivity (Wildman–Crippen MR) is 92.5 cm³/mol. The molecule has 1 aromatic carbocycles. The SMILES string of the molecule is Cc1noc(C)c1-c1cc2c(ncn2Cc2ccccc2)c(N)n1. The second-order valence-corrected chi connectivity index (χ2v) is 5.82. The Bertz CT molecular complexity index is 997. The van der Waals surface area contributed by atoms with E-state index < -0.39 is 0 Å². The molecule has 0 bridgehead atoms. The maximum absolute atomic E-state index is 6.13. The van der Waals surface area contributed by atoms with Gasteiger partial charge in [0.25, 0.3) is 0 Å². The lowest BCUT2D eigenvalue weighted by molar-refractivity contribution is 0.393. The van der Waals surface area contributed by atoms with Crippen LogP contribution in [0.25, 0.3) is 22.3 Å². The van der Waals surface area contributed by atoms with Gasteiger partial charge < -0.3 is 14.8 Å². The van der Waals surface area contributed by atoms with Gasteiger partial charge in [0, 0.05) is 6.54 Å². The molecule has 0 amide bonds. The summed E-state index contributed by atoms with van der Waals surface area (Å²) in [5.74, 6) is 1.14. The summed E-state index contributed by atoms with van der Waals surface area (Å²) in [6.45, 7) is 4.50. The molecular formula is C18H17N5O. The van der Waals surface area contributed by atoms with Crippen molar-refractivity contribution in [2.24, 2.45) is 0 Å². The number of rotatable bonds is 3. The number of nitrogens with two attached hydrogens (primary N) is 1. The highest BCUT2D eigenvalue weighted by molar-refractivity contribution is 5.89. The fourth-order valence-corrected chi connectivity index (χ4v) is 2.97. The molecule has 0 aliphatic carbocycles. The summed E-state index contributed by atoms with van der Waals surface area (Å²) in [5, 5.41) is 4.00. The summed E-state index contributed by atoms with van der Waals surface area (Å²) in [4.78, 5) is 8.91. The number of nitrogens with zero attached hydrogens (tertiary/aromatic N) is 4. The zero-order chi connectivity index (χ0) is 16.7. The highest BCUT2D eigenvalue weighted by Crippen LogP contribution is 2.30. The summed E-state index contributed by atoms with van der Waals surface area (Å²) in [7, 11) is 0. The van der Waals surface area contributed by atoms with Crippen molar-refractivity contribution in [1.82, 2.24) is 19.7 Å². The molecule has 0 aliphatic heterocycles. The maximum Gasteiger partial charge on any atom is 0.152 e. The molecule has 3 aromatic heterocycles. The second kappa shape index (κ2) is 5.49. The van der Waals surface area contributed by atoms with Crippen LogP contribution < -0.4 is 5.73 Å². The highest BCUT2D eigenvalue weighted by Gasteiger charge is 2.17. The zero-order valence-electron chi connectivity index (χ0n) is 13.5. The fourth-order valence-electron chi connectivity index (χ4n) is 2.97. The standard InChI is InChI=1S/C18H17N5O/c1-11-16(12(2)24-22-11)14-8-15-17(18(19)21-14)20-10-23(15)9-13-6-4-3-5-7-13/h3-8,10H,9H2,1-2H3,(H2,19,21). The molecule has 3 heterocycles. The first-order valence-corrected chi connectivity index (χ1v) is 7.72. The number of imidazole rings is 1. The third kappa shape index (κ3) is 2.32. The van der Waals surface area contributed by atoms with E-state index >= 15 is 0 Å². The van der Waals surface area contributed by atoms with Gasteiger partial charge in [-0.1, -0.05) is 35.5 Å². The number of hydrogen-bond donors (Lipinski definition) is 1. The van der Waals surface area contributed by atoms with Gasteiger partial charge in [-0.05, 0) is 25.5 Å². The molecule has 4 rings (SSSR count). The van der Waals surface area contributed by atoms with Gasteiger partial charge in [-0.2, -0.15) is 0 Å². The minimum Gasteiger partial charge on any atom is -0.382 e. The molecule has 2 N–H and O–H groups in total. The van der Waals surface area contributed by atoms with Crippen molar-refractivity contribution in [3.05, 3.63) is 59.7 Å². The molecule has 0 saturated heterocycles. The summed E-state index contributed by atoms with van der Waals surface area (Å²) in [6.07, 6.45) is 1.80. The average molecular weight is 319 g/mol. The van der Waals surface area contributed by atoms with Crippen molar-refractivity contribution in [2.75, 3.05) is 5.73 Å². The number of hydrogen-bond acceptors (Lipinski definition) is 5. The first-order chi connectivity index (χ1) is 11.6. The Morgan fingerprint density at radius 3 is 2.67 bits per heavy atom. The van der Waals surface area contributed by atoms with Crippen LogP contribution in [0.5, 0.6) is 0 Å². The number of anilines is 1. The van der Waals surface area contributed by atoms with Crippen LogP contribution >= 0.6 is 0 Å². The zero-order valence-corrected chi connectivity index (χ0v) is 13.5. The van der Waals surface area contributed by atoms with Gasteiger partial charge in [0.2, 0.25) is 0 Å². The van der Waals surface area contributed by atoms with Crippen molar-refractivity contribution in [1.29, 1.82) is 0 Å². The number of nitrogen functional groups attached to an aromatic ring is 1. The smallest absolute Gasteiger partial charge is 0.152 e. The van der Waals surface area contributed by atoms with Crippen LogP contribution in [0.4, 0.5) is 5.82 Å². The summed E-state index contributed by atoms with van der Waals surface area (Å²) in [6, 6.07) is 12.2. The summed E-state index contributed by atoms with van der Waals surface area (Å²) >= 11 is 0. The molecule has 0 saturated carbocycles. The van der Waals surface area contributed by atoms with Crippen molar-refractivity contribution in [3.63, 3.8) is 0 Å². The fraction of sp³-hybridized carbons (Fsp3) is 0.167. The normalized spacial score (nSPS) is 11.2. The molecule has 0 radical (unpaired) electrons. The number of benzene rings is 1. The monoisotopic (exact) mass is 319 g/mol. The van der Waals surface area contributed by atoms with E-state index in [1.165, 1.54) is 5.56 Å². The van der Waals surface area contributed by atoms with E-state index in [0.29, 0.717) is 11.3 Å². The van der Waals surface area contributed by atoms with Gasteiger partial charge in [0.1, 0.15) is 11.3 Å². The van der Waals surface area contributed by atoms with Crippen LogP contribution in [-0.2, 0) is 6.54 Å². The van der Waals surface area contributed by atoms with E-state index in [4.69, 9.17) is 10.3 Å². The average Bonchev–Trinajstić information content (AvgIpc) is 3.12. The Morgan fingerprint density at radius 2 is 1.96 bits per heavy atom. The van der Waals surface area contributed by atoms with Crippen LogP contribution in [-0.4, -0.2) is 19.7 Å². The topological polar surface area (TPSA) is 82.8 Å². The van der Waals surface area contributed by atoms with Crippen molar-refractivity contribution in [2.45, 2.75) is 20.4 Å². The first kappa shape index (κ1) is 14.4. The van der Waals surface area contributed by atoms with Gasteiger partial charge in [-0.15, -0.1) is 0 Å². The van der Waals surface area contributed by atoms with E-state index in [9.17, 15) is 0 Å². The van der Waals surface area contributed by atoms with E-state index in [1.807, 2.05) is 38.1 Å². The van der Waals surface area contributed by atoms with Gasteiger partial charge in [-0.25, -0.2) is 9.97 Å². The Morgan fingerprint density at radius 1 is 1.17 bits per heavy atom. The van der Waals surface area contributed by atoms with E-state index in [1.54, 1.807) is 6.33 Å². The molecule has 0 unspecified atom stereocenters. The maximum atomic E-state index is 6.13. The molecule has 24 heavy (non-hydrogen) atoms. The molecule has 0 spiro atoms. The molecular weight excluding hydrogens is 302 g/mol. The quantitative estimate of drug-likeness (QED) is 0.626. The molecule has 6 nitrogen and oxygen atoms in total. The third-order valence-corrected chi connectivity index (χ3v) is 4.12. The van der Waals surface area contributed by atoms with Crippen molar-refractivity contribution in [3.8, 4) is 11.3 Å². The van der Waals surface area contributed by atoms with Crippen LogP contribution in [0, 0.1) is 13.8 Å². The Balaban J connectivity index is 1.86. The molecule has 4 aromatic rings. The van der Waals surface area contributed by atoms with Gasteiger partial charge in [-0.3, -0.25) is 0 Å². The van der Waals surface area contributed by atoms with Crippen LogP contribution in [0.1, 0.15) is 17.0 Å². The number of aryl methyl sites for hydroxylation is 2. The van der Waals surface area contributed by atoms with Gasteiger partial charge in [0.15, 0.2) is 5.82 Å². The summed E-state index contributed by atoms with van der Waals surface area (Å²) < 4.78 is 7.33. The van der Waals surface area contributed by atoms with Crippen LogP contribution in [0.3, 0.4) is 0 Å². The minimum atomic E-state index is 0.411. The second-order valence-electron chi connectivity index (χ2n) is 5.82. The lowest BCUT2D eigenvalue weighted by atomic mass is 10.1. The highest BCUT2D eigenvalue weighted by atomic mass is 16.5. The Hall–Kier alpha value is -3.15. The van der Waals surface area contributed by atoms with Gasteiger partial charge in [0.05, 0.1) is 28.8 Å². The molecule has 0 fully saturated rings. The largest absolute Gasteiger partial charge is 0.382 e. The molecule has 0 atom stereocenters. The number of aromatic nitrogens is 4. The number of fused-ring (bicyclic) bond motifs is 1. The Labute approximate surface area is 138 Å². The lowest BCUT2D eigenvalue weighted by Crippen LogP contribution is -2.00. The molecule has 0 aliphatic rings. The Kier molecular flexibility index (Phi) is 3.30. The van der Waals surface area contributed by atoms with Crippen molar-refractivity contribution < 1.29 is 4.52 Å². The van der Waals surface area contributed by atoms with E-state index in [0.717, 1.165) is 34.8 Å².